The largest absolute Gasteiger partial charge is 0.381 e. The molecule has 0 aromatic heterocycles. The van der Waals surface area contributed by atoms with Gasteiger partial charge in [-0.15, -0.1) is 0 Å². The van der Waals surface area contributed by atoms with Gasteiger partial charge in [0.1, 0.15) is 0 Å². The van der Waals surface area contributed by atoms with E-state index in [2.05, 4.69) is 50.7 Å². The predicted molar refractivity (Wildman–Crippen MR) is 122 cm³/mol. The quantitative estimate of drug-likeness (QED) is 0.403. The van der Waals surface area contributed by atoms with Crippen molar-refractivity contribution < 1.29 is 8.42 Å². The highest BCUT2D eigenvalue weighted by atomic mass is 79.9. The number of sulfonamides is 1. The SMILES string of the molecule is C=C1CCCC2Nc3ccc(Br)cc3C12CCCNS(=O)(=O)c1ccc(Cl)cc1. The Morgan fingerprint density at radius 1 is 1.24 bits per heavy atom. The lowest BCUT2D eigenvalue weighted by Crippen LogP contribution is -2.43. The first-order valence-electron chi connectivity index (χ1n) is 9.83. The van der Waals surface area contributed by atoms with Crippen LogP contribution in [0.25, 0.3) is 0 Å². The fourth-order valence-electron chi connectivity index (χ4n) is 4.76. The van der Waals surface area contributed by atoms with Gasteiger partial charge in [-0.2, -0.15) is 0 Å². The van der Waals surface area contributed by atoms with Gasteiger partial charge in [-0.1, -0.05) is 39.7 Å². The molecule has 1 aliphatic heterocycles. The Kier molecular flexibility index (Phi) is 5.81. The van der Waals surface area contributed by atoms with Crippen molar-refractivity contribution in [1.29, 1.82) is 0 Å². The van der Waals surface area contributed by atoms with Crippen LogP contribution in [0.15, 0.2) is 64.0 Å². The second kappa shape index (κ2) is 8.06. The number of hydrogen-bond acceptors (Lipinski definition) is 3. The summed E-state index contributed by atoms with van der Waals surface area (Å²) in [6.07, 6.45) is 4.84. The number of rotatable bonds is 6. The van der Waals surface area contributed by atoms with Crippen LogP contribution in [0.1, 0.15) is 37.7 Å². The fraction of sp³-hybridized carbons (Fsp3) is 0.364. The molecule has 0 radical (unpaired) electrons. The molecule has 154 valence electrons. The summed E-state index contributed by atoms with van der Waals surface area (Å²) in [5.74, 6) is 0. The zero-order valence-electron chi connectivity index (χ0n) is 16.0. The summed E-state index contributed by atoms with van der Waals surface area (Å²) in [5.41, 5.74) is 3.56. The van der Waals surface area contributed by atoms with E-state index in [4.69, 9.17) is 11.6 Å². The molecule has 2 atom stereocenters. The molecule has 7 heteroatoms. The predicted octanol–water partition coefficient (Wildman–Crippen LogP) is 5.63. The zero-order chi connectivity index (χ0) is 20.6. The number of halogens is 2. The summed E-state index contributed by atoms with van der Waals surface area (Å²) in [7, 11) is -3.54. The van der Waals surface area contributed by atoms with Gasteiger partial charge in [0.2, 0.25) is 10.0 Å². The molecule has 29 heavy (non-hydrogen) atoms. The normalized spacial score (nSPS) is 23.4. The third-order valence-corrected chi connectivity index (χ3v) is 8.38. The second-order valence-electron chi connectivity index (χ2n) is 7.81. The Morgan fingerprint density at radius 3 is 2.76 bits per heavy atom. The highest BCUT2D eigenvalue weighted by Gasteiger charge is 2.49. The van der Waals surface area contributed by atoms with Crippen molar-refractivity contribution >= 4 is 43.2 Å². The Morgan fingerprint density at radius 2 is 2.00 bits per heavy atom. The van der Waals surface area contributed by atoms with E-state index in [0.29, 0.717) is 17.6 Å². The number of nitrogens with one attached hydrogen (secondary N) is 2. The van der Waals surface area contributed by atoms with Crippen LogP contribution >= 0.6 is 27.5 Å². The van der Waals surface area contributed by atoms with Crippen LogP contribution in [0.2, 0.25) is 5.02 Å². The van der Waals surface area contributed by atoms with Crippen molar-refractivity contribution in [3.05, 3.63) is 69.7 Å². The molecule has 2 unspecified atom stereocenters. The minimum absolute atomic E-state index is 0.136. The lowest BCUT2D eigenvalue weighted by atomic mass is 9.63. The number of fused-ring (bicyclic) bond motifs is 3. The summed E-state index contributed by atoms with van der Waals surface area (Å²) < 4.78 is 28.9. The molecule has 1 heterocycles. The fourth-order valence-corrected chi connectivity index (χ4v) is 6.33. The minimum Gasteiger partial charge on any atom is -0.381 e. The molecule has 2 aromatic rings. The maximum atomic E-state index is 12.5. The van der Waals surface area contributed by atoms with Gasteiger partial charge >= 0.3 is 0 Å². The van der Waals surface area contributed by atoms with Crippen molar-refractivity contribution in [2.45, 2.75) is 48.5 Å². The average molecular weight is 496 g/mol. The van der Waals surface area contributed by atoms with Crippen molar-refractivity contribution in [2.75, 3.05) is 11.9 Å². The molecule has 2 aromatic carbocycles. The summed E-state index contributed by atoms with van der Waals surface area (Å²) >= 11 is 9.46. The van der Waals surface area contributed by atoms with E-state index in [1.54, 1.807) is 12.1 Å². The van der Waals surface area contributed by atoms with Crippen LogP contribution in [0.3, 0.4) is 0 Å². The van der Waals surface area contributed by atoms with E-state index in [-0.39, 0.29) is 10.3 Å². The topological polar surface area (TPSA) is 58.2 Å². The van der Waals surface area contributed by atoms with Gasteiger partial charge in [0.05, 0.1) is 4.90 Å². The molecule has 0 bridgehead atoms. The van der Waals surface area contributed by atoms with Crippen LogP contribution in [0, 0.1) is 0 Å². The van der Waals surface area contributed by atoms with Crippen molar-refractivity contribution in [3.8, 4) is 0 Å². The Balaban J connectivity index is 1.50. The zero-order valence-corrected chi connectivity index (χ0v) is 19.2. The Hall–Kier alpha value is -1.34. The van der Waals surface area contributed by atoms with E-state index in [1.165, 1.54) is 29.0 Å². The number of hydrogen-bond donors (Lipinski definition) is 2. The summed E-state index contributed by atoms with van der Waals surface area (Å²) in [4.78, 5) is 0.233. The molecule has 2 N–H and O–H groups in total. The van der Waals surface area contributed by atoms with Crippen LogP contribution in [-0.4, -0.2) is 21.0 Å². The first kappa shape index (κ1) is 20.9. The van der Waals surface area contributed by atoms with Crippen molar-refractivity contribution in [2.24, 2.45) is 0 Å². The second-order valence-corrected chi connectivity index (χ2v) is 10.9. The number of anilines is 1. The summed E-state index contributed by atoms with van der Waals surface area (Å²) in [6, 6.07) is 12.9. The third-order valence-electron chi connectivity index (χ3n) is 6.15. The maximum Gasteiger partial charge on any atom is 0.240 e. The molecule has 0 amide bonds. The molecule has 4 rings (SSSR count). The average Bonchev–Trinajstić information content (AvgIpc) is 3.01. The van der Waals surface area contributed by atoms with Gasteiger partial charge in [0, 0.05) is 33.2 Å². The Bertz CT molecular complexity index is 1040. The van der Waals surface area contributed by atoms with Crippen LogP contribution in [0.5, 0.6) is 0 Å². The van der Waals surface area contributed by atoms with Gasteiger partial charge < -0.3 is 5.32 Å². The van der Waals surface area contributed by atoms with Crippen molar-refractivity contribution in [1.82, 2.24) is 4.72 Å². The molecule has 1 saturated carbocycles. The Labute approximate surface area is 185 Å². The number of benzene rings is 2. The van der Waals surface area contributed by atoms with Gasteiger partial charge in [-0.25, -0.2) is 13.1 Å². The van der Waals surface area contributed by atoms with Gasteiger partial charge in [-0.05, 0) is 80.1 Å². The maximum absolute atomic E-state index is 12.5. The van der Waals surface area contributed by atoms with E-state index < -0.39 is 10.0 Å². The highest BCUT2D eigenvalue weighted by molar-refractivity contribution is 9.10. The molecule has 1 fully saturated rings. The molecule has 0 spiro atoms. The lowest BCUT2D eigenvalue weighted by molar-refractivity contribution is 0.337. The van der Waals surface area contributed by atoms with E-state index >= 15 is 0 Å². The molecule has 4 nitrogen and oxygen atoms in total. The van der Waals surface area contributed by atoms with Crippen LogP contribution in [-0.2, 0) is 15.4 Å². The van der Waals surface area contributed by atoms with Crippen LogP contribution in [0.4, 0.5) is 5.69 Å². The molecule has 1 aliphatic carbocycles. The molecule has 2 aliphatic rings. The van der Waals surface area contributed by atoms with Gasteiger partial charge in [-0.3, -0.25) is 0 Å². The van der Waals surface area contributed by atoms with E-state index in [9.17, 15) is 8.42 Å². The first-order chi connectivity index (χ1) is 13.8. The third kappa shape index (κ3) is 3.88. The standard InChI is InChI=1S/C22H24BrClN2O2S/c1-15-4-2-5-21-22(15,19-14-16(23)6-11-20(19)26-21)12-3-13-25-29(27,28)18-9-7-17(24)8-10-18/h6-11,14,21,25-26H,1-5,12-13H2. The minimum atomic E-state index is -3.54. The van der Waals surface area contributed by atoms with E-state index in [1.807, 2.05) is 0 Å². The van der Waals surface area contributed by atoms with Gasteiger partial charge in [0.15, 0.2) is 0 Å². The smallest absolute Gasteiger partial charge is 0.240 e. The lowest BCUT2D eigenvalue weighted by Gasteiger charge is -2.42. The van der Waals surface area contributed by atoms with Crippen molar-refractivity contribution in [3.63, 3.8) is 0 Å². The monoisotopic (exact) mass is 494 g/mol. The van der Waals surface area contributed by atoms with E-state index in [0.717, 1.165) is 36.6 Å². The molecular formula is C22H24BrClN2O2S. The summed E-state index contributed by atoms with van der Waals surface area (Å²) in [5, 5.41) is 4.21. The highest BCUT2D eigenvalue weighted by Crippen LogP contribution is 2.54. The summed E-state index contributed by atoms with van der Waals surface area (Å²) in [6.45, 7) is 4.82. The first-order valence-corrected chi connectivity index (χ1v) is 12.5. The van der Waals surface area contributed by atoms with Crippen LogP contribution < -0.4 is 10.0 Å². The molecule has 0 saturated heterocycles. The molecular weight excluding hydrogens is 472 g/mol. The van der Waals surface area contributed by atoms with Gasteiger partial charge in [0.25, 0.3) is 0 Å².